The molecule has 0 aliphatic carbocycles. The number of benzene rings is 1. The minimum absolute atomic E-state index is 0.0641. The second-order valence-corrected chi connectivity index (χ2v) is 4.98. The van der Waals surface area contributed by atoms with E-state index in [-0.39, 0.29) is 5.91 Å². The van der Waals surface area contributed by atoms with Gasteiger partial charge in [0, 0.05) is 23.5 Å². The summed E-state index contributed by atoms with van der Waals surface area (Å²) in [7, 11) is 1.89. The molecule has 2 aromatic rings. The van der Waals surface area contributed by atoms with Gasteiger partial charge >= 0.3 is 0 Å². The molecule has 0 bridgehead atoms. The van der Waals surface area contributed by atoms with Crippen molar-refractivity contribution in [3.8, 4) is 0 Å². The van der Waals surface area contributed by atoms with Crippen molar-refractivity contribution in [3.05, 3.63) is 59.4 Å². The molecular weight excluding hydrogens is 274 g/mol. The fourth-order valence-electron chi connectivity index (χ4n) is 1.80. The van der Waals surface area contributed by atoms with Gasteiger partial charge in [-0.25, -0.2) is 0 Å². The van der Waals surface area contributed by atoms with E-state index in [1.54, 1.807) is 30.5 Å². The van der Waals surface area contributed by atoms with Crippen LogP contribution < -0.4 is 5.32 Å². The number of likely N-dealkylation sites (N-methyl/N-ethyl adjacent to an activating group) is 1. The first-order valence-electron chi connectivity index (χ1n) is 6.27. The van der Waals surface area contributed by atoms with Crippen molar-refractivity contribution in [3.63, 3.8) is 0 Å². The van der Waals surface area contributed by atoms with Gasteiger partial charge in [-0.2, -0.15) is 0 Å². The number of halogens is 1. The average Bonchev–Trinajstić information content (AvgIpc) is 2.42. The van der Waals surface area contributed by atoms with Gasteiger partial charge < -0.3 is 5.32 Å². The van der Waals surface area contributed by atoms with Crippen molar-refractivity contribution < 1.29 is 4.79 Å². The molecule has 0 atom stereocenters. The molecule has 2 rings (SSSR count). The molecule has 0 saturated heterocycles. The zero-order chi connectivity index (χ0) is 14.4. The van der Waals surface area contributed by atoms with Gasteiger partial charge in [-0.1, -0.05) is 17.7 Å². The van der Waals surface area contributed by atoms with E-state index in [9.17, 15) is 4.79 Å². The molecule has 104 valence electrons. The molecule has 0 spiro atoms. The molecular formula is C15H16ClN3O. The summed E-state index contributed by atoms with van der Waals surface area (Å²) in [5.41, 5.74) is 1.68. The van der Waals surface area contributed by atoms with Gasteiger partial charge in [0.25, 0.3) is 0 Å². The summed E-state index contributed by atoms with van der Waals surface area (Å²) in [4.78, 5) is 18.0. The highest BCUT2D eigenvalue weighted by molar-refractivity contribution is 6.30. The first-order valence-corrected chi connectivity index (χ1v) is 6.65. The van der Waals surface area contributed by atoms with Gasteiger partial charge in [0.05, 0.1) is 12.2 Å². The minimum Gasteiger partial charge on any atom is -0.325 e. The van der Waals surface area contributed by atoms with Crippen LogP contribution in [0.5, 0.6) is 0 Å². The number of pyridine rings is 1. The Kier molecular flexibility index (Phi) is 5.09. The predicted molar refractivity (Wildman–Crippen MR) is 80.7 cm³/mol. The summed E-state index contributed by atoms with van der Waals surface area (Å²) in [6.45, 7) is 0.939. The molecule has 1 aromatic heterocycles. The minimum atomic E-state index is -0.0641. The van der Waals surface area contributed by atoms with Crippen LogP contribution in [0.25, 0.3) is 0 Å². The van der Waals surface area contributed by atoms with Crippen LogP contribution in [0.4, 0.5) is 5.69 Å². The number of nitrogens with zero attached hydrogens (tertiary/aromatic N) is 2. The van der Waals surface area contributed by atoms with E-state index in [1.165, 1.54) is 0 Å². The van der Waals surface area contributed by atoms with E-state index in [2.05, 4.69) is 10.3 Å². The van der Waals surface area contributed by atoms with Crippen molar-refractivity contribution in [1.29, 1.82) is 0 Å². The Bertz CT molecular complexity index is 557. The highest BCUT2D eigenvalue weighted by atomic mass is 35.5. The maximum absolute atomic E-state index is 11.9. The largest absolute Gasteiger partial charge is 0.325 e. The first kappa shape index (κ1) is 14.5. The van der Waals surface area contributed by atoms with Crippen LogP contribution in [-0.4, -0.2) is 29.4 Å². The summed E-state index contributed by atoms with van der Waals surface area (Å²) >= 11 is 5.79. The van der Waals surface area contributed by atoms with Crippen molar-refractivity contribution in [1.82, 2.24) is 9.88 Å². The third-order valence-corrected chi connectivity index (χ3v) is 2.95. The number of anilines is 1. The van der Waals surface area contributed by atoms with Crippen LogP contribution in [-0.2, 0) is 11.3 Å². The molecule has 0 aliphatic heterocycles. The zero-order valence-corrected chi connectivity index (χ0v) is 12.0. The number of aromatic nitrogens is 1. The fraction of sp³-hybridized carbons (Fsp3) is 0.200. The molecule has 1 aromatic carbocycles. The topological polar surface area (TPSA) is 45.2 Å². The standard InChI is InChI=1S/C15H16ClN3O/c1-19(10-14-4-2-3-9-17-14)11-15(20)18-13-7-5-12(16)6-8-13/h2-9H,10-11H2,1H3,(H,18,20). The molecule has 0 aliphatic rings. The molecule has 0 fully saturated rings. The summed E-state index contributed by atoms with van der Waals surface area (Å²) in [5.74, 6) is -0.0641. The smallest absolute Gasteiger partial charge is 0.238 e. The molecule has 1 amide bonds. The predicted octanol–water partition coefficient (Wildman–Crippen LogP) is 2.81. The summed E-state index contributed by atoms with van der Waals surface area (Å²) in [5, 5.41) is 3.47. The molecule has 1 N–H and O–H groups in total. The highest BCUT2D eigenvalue weighted by Crippen LogP contribution is 2.13. The second kappa shape index (κ2) is 7.03. The molecule has 0 saturated carbocycles. The number of nitrogens with one attached hydrogen (secondary N) is 1. The van der Waals surface area contributed by atoms with Crippen molar-refractivity contribution >= 4 is 23.2 Å². The summed E-state index contributed by atoms with van der Waals surface area (Å²) in [6.07, 6.45) is 1.75. The summed E-state index contributed by atoms with van der Waals surface area (Å²) < 4.78 is 0. The maximum Gasteiger partial charge on any atom is 0.238 e. The van der Waals surface area contributed by atoms with Crippen LogP contribution in [0.2, 0.25) is 5.02 Å². The maximum atomic E-state index is 11.9. The SMILES string of the molecule is CN(CC(=O)Nc1ccc(Cl)cc1)Cc1ccccn1. The molecule has 4 nitrogen and oxygen atoms in total. The van der Waals surface area contributed by atoms with E-state index < -0.39 is 0 Å². The Morgan fingerprint density at radius 3 is 2.65 bits per heavy atom. The van der Waals surface area contributed by atoms with E-state index >= 15 is 0 Å². The van der Waals surface area contributed by atoms with Gasteiger partial charge in [-0.15, -0.1) is 0 Å². The number of amides is 1. The molecule has 5 heteroatoms. The normalized spacial score (nSPS) is 10.6. The monoisotopic (exact) mass is 289 g/mol. The lowest BCUT2D eigenvalue weighted by Crippen LogP contribution is -2.30. The average molecular weight is 290 g/mol. The summed E-state index contributed by atoms with van der Waals surface area (Å²) in [6, 6.07) is 12.8. The van der Waals surface area contributed by atoms with Crippen molar-refractivity contribution in [2.75, 3.05) is 18.9 Å². The van der Waals surface area contributed by atoms with E-state index in [1.807, 2.05) is 30.1 Å². The fourth-order valence-corrected chi connectivity index (χ4v) is 1.93. The number of hydrogen-bond donors (Lipinski definition) is 1. The lowest BCUT2D eigenvalue weighted by Gasteiger charge is -2.15. The molecule has 0 unspecified atom stereocenters. The Labute approximate surface area is 123 Å². The highest BCUT2D eigenvalue weighted by Gasteiger charge is 2.08. The Hall–Kier alpha value is -1.91. The van der Waals surface area contributed by atoms with Crippen LogP contribution in [0.1, 0.15) is 5.69 Å². The number of carbonyl (C=O) groups is 1. The lowest BCUT2D eigenvalue weighted by atomic mass is 10.3. The lowest BCUT2D eigenvalue weighted by molar-refractivity contribution is -0.117. The Balaban J connectivity index is 1.83. The molecule has 0 radical (unpaired) electrons. The van der Waals surface area contributed by atoms with Gasteiger partial charge in [-0.05, 0) is 43.4 Å². The van der Waals surface area contributed by atoms with E-state index in [0.29, 0.717) is 18.1 Å². The van der Waals surface area contributed by atoms with Crippen LogP contribution in [0, 0.1) is 0 Å². The number of hydrogen-bond acceptors (Lipinski definition) is 3. The third kappa shape index (κ3) is 4.64. The van der Waals surface area contributed by atoms with Crippen molar-refractivity contribution in [2.24, 2.45) is 0 Å². The van der Waals surface area contributed by atoms with Gasteiger partial charge in [0.1, 0.15) is 0 Å². The van der Waals surface area contributed by atoms with Crippen LogP contribution >= 0.6 is 11.6 Å². The molecule has 20 heavy (non-hydrogen) atoms. The Morgan fingerprint density at radius 2 is 2.00 bits per heavy atom. The quantitative estimate of drug-likeness (QED) is 0.920. The first-order chi connectivity index (χ1) is 9.63. The molecule has 1 heterocycles. The second-order valence-electron chi connectivity index (χ2n) is 4.55. The number of carbonyl (C=O) groups excluding carboxylic acids is 1. The van der Waals surface area contributed by atoms with Crippen LogP contribution in [0.15, 0.2) is 48.7 Å². The zero-order valence-electron chi connectivity index (χ0n) is 11.2. The van der Waals surface area contributed by atoms with Gasteiger partial charge in [0.15, 0.2) is 0 Å². The number of rotatable bonds is 5. The third-order valence-electron chi connectivity index (χ3n) is 2.70. The Morgan fingerprint density at radius 1 is 1.25 bits per heavy atom. The van der Waals surface area contributed by atoms with E-state index in [4.69, 9.17) is 11.6 Å². The van der Waals surface area contributed by atoms with Crippen LogP contribution in [0.3, 0.4) is 0 Å². The van der Waals surface area contributed by atoms with E-state index in [0.717, 1.165) is 11.4 Å². The van der Waals surface area contributed by atoms with Crippen molar-refractivity contribution in [2.45, 2.75) is 6.54 Å². The van der Waals surface area contributed by atoms with Gasteiger partial charge in [0.2, 0.25) is 5.91 Å². The van der Waals surface area contributed by atoms with Gasteiger partial charge in [-0.3, -0.25) is 14.7 Å².